The summed E-state index contributed by atoms with van der Waals surface area (Å²) in [5.74, 6) is -0.570. The number of sulfone groups is 1. The maximum atomic E-state index is 13.1. The molecule has 1 aromatic carbocycles. The number of rotatable bonds is 4. The predicted molar refractivity (Wildman–Crippen MR) is 92.4 cm³/mol. The van der Waals surface area contributed by atoms with Crippen LogP contribution in [0.3, 0.4) is 0 Å². The Morgan fingerprint density at radius 3 is 2.54 bits per heavy atom. The van der Waals surface area contributed by atoms with Crippen LogP contribution in [0.1, 0.15) is 27.2 Å². The lowest BCUT2D eigenvalue weighted by Gasteiger charge is -2.28. The molecule has 0 saturated carbocycles. The third-order valence-corrected chi connectivity index (χ3v) is 7.04. The van der Waals surface area contributed by atoms with E-state index in [4.69, 9.17) is 0 Å². The Kier molecular flexibility index (Phi) is 4.73. The van der Waals surface area contributed by atoms with E-state index in [0.717, 1.165) is 10.4 Å². The molecule has 0 aliphatic carbocycles. The molecule has 7 heteroatoms. The zero-order valence-corrected chi connectivity index (χ0v) is 14.9. The van der Waals surface area contributed by atoms with Gasteiger partial charge in [0, 0.05) is 16.5 Å². The van der Waals surface area contributed by atoms with E-state index in [9.17, 15) is 17.6 Å². The topological polar surface area (TPSA) is 54.5 Å². The van der Waals surface area contributed by atoms with Gasteiger partial charge >= 0.3 is 0 Å². The molecule has 1 aliphatic rings. The molecular formula is C17H18FNO3S2. The van der Waals surface area contributed by atoms with Crippen LogP contribution in [0.15, 0.2) is 35.7 Å². The van der Waals surface area contributed by atoms with Crippen LogP contribution in [0.2, 0.25) is 0 Å². The number of amides is 1. The van der Waals surface area contributed by atoms with Crippen molar-refractivity contribution in [2.45, 2.75) is 25.9 Å². The first kappa shape index (κ1) is 17.1. The molecule has 4 nitrogen and oxygen atoms in total. The van der Waals surface area contributed by atoms with Crippen LogP contribution in [-0.2, 0) is 16.4 Å². The Bertz CT molecular complexity index is 843. The van der Waals surface area contributed by atoms with Crippen LogP contribution in [-0.4, -0.2) is 36.8 Å². The smallest absolute Gasteiger partial charge is 0.254 e. The Morgan fingerprint density at radius 2 is 2.00 bits per heavy atom. The number of nitrogens with zero attached hydrogens (tertiary/aromatic N) is 1. The monoisotopic (exact) mass is 367 g/mol. The van der Waals surface area contributed by atoms with Crippen molar-refractivity contribution in [3.05, 3.63) is 57.5 Å². The fourth-order valence-corrected chi connectivity index (χ4v) is 5.50. The standard InChI is InChI=1S/C17H18FNO3S2/c1-12-6-8-23-16(12)10-19(15-7-9-24(21,22)11-15)17(20)13-2-4-14(18)5-3-13/h2-6,8,15H,7,9-11H2,1H3/t15-/m1/s1. The summed E-state index contributed by atoms with van der Waals surface area (Å²) in [5.41, 5.74) is 1.45. The molecule has 0 N–H and O–H groups in total. The molecule has 0 spiro atoms. The fraction of sp³-hybridized carbons (Fsp3) is 0.353. The molecule has 3 rings (SSSR count). The first-order chi connectivity index (χ1) is 11.4. The lowest BCUT2D eigenvalue weighted by molar-refractivity contribution is 0.0683. The Morgan fingerprint density at radius 1 is 1.29 bits per heavy atom. The minimum atomic E-state index is -3.10. The van der Waals surface area contributed by atoms with E-state index in [-0.39, 0.29) is 23.5 Å². The Balaban J connectivity index is 1.90. The summed E-state index contributed by atoms with van der Waals surface area (Å²) in [7, 11) is -3.10. The van der Waals surface area contributed by atoms with Crippen molar-refractivity contribution in [3.8, 4) is 0 Å². The van der Waals surface area contributed by atoms with Gasteiger partial charge in [-0.3, -0.25) is 4.79 Å². The summed E-state index contributed by atoms with van der Waals surface area (Å²) >= 11 is 1.55. The molecule has 1 amide bonds. The number of carbonyl (C=O) groups is 1. The molecule has 2 aromatic rings. The van der Waals surface area contributed by atoms with Crippen molar-refractivity contribution >= 4 is 27.1 Å². The molecule has 24 heavy (non-hydrogen) atoms. The number of carbonyl (C=O) groups excluding carboxylic acids is 1. The second-order valence-electron chi connectivity index (χ2n) is 6.02. The van der Waals surface area contributed by atoms with Crippen molar-refractivity contribution in [1.29, 1.82) is 0 Å². The summed E-state index contributed by atoms with van der Waals surface area (Å²) < 4.78 is 36.8. The average Bonchev–Trinajstić information content (AvgIpc) is 3.10. The van der Waals surface area contributed by atoms with E-state index in [0.29, 0.717) is 18.5 Å². The number of thiophene rings is 1. The lowest BCUT2D eigenvalue weighted by Crippen LogP contribution is -2.40. The van der Waals surface area contributed by atoms with Crippen molar-refractivity contribution in [2.75, 3.05) is 11.5 Å². The molecule has 1 aliphatic heterocycles. The van der Waals surface area contributed by atoms with Crippen LogP contribution in [0.5, 0.6) is 0 Å². The average molecular weight is 367 g/mol. The molecular weight excluding hydrogens is 349 g/mol. The molecule has 0 bridgehead atoms. The number of halogens is 1. The molecule has 2 heterocycles. The van der Waals surface area contributed by atoms with Gasteiger partial charge in [-0.05, 0) is 54.6 Å². The molecule has 128 valence electrons. The maximum absolute atomic E-state index is 13.1. The Hall–Kier alpha value is -1.73. The fourth-order valence-electron chi connectivity index (χ4n) is 2.87. The minimum Gasteiger partial charge on any atom is -0.329 e. The Labute approximate surface area is 144 Å². The summed E-state index contributed by atoms with van der Waals surface area (Å²) in [6, 6.07) is 7.01. The van der Waals surface area contributed by atoms with Gasteiger partial charge in [-0.15, -0.1) is 11.3 Å². The molecule has 0 radical (unpaired) electrons. The van der Waals surface area contributed by atoms with E-state index in [1.54, 1.807) is 16.2 Å². The van der Waals surface area contributed by atoms with Gasteiger partial charge in [0.1, 0.15) is 5.82 Å². The number of hydrogen-bond donors (Lipinski definition) is 0. The zero-order valence-electron chi connectivity index (χ0n) is 13.2. The lowest BCUT2D eigenvalue weighted by atomic mass is 10.1. The third-order valence-electron chi connectivity index (χ3n) is 4.28. The second kappa shape index (κ2) is 6.64. The molecule has 1 saturated heterocycles. The largest absolute Gasteiger partial charge is 0.329 e. The minimum absolute atomic E-state index is 0.00957. The third kappa shape index (κ3) is 3.67. The SMILES string of the molecule is Cc1ccsc1CN(C(=O)c1ccc(F)cc1)[C@@H]1CCS(=O)(=O)C1. The van der Waals surface area contributed by atoms with Crippen LogP contribution < -0.4 is 0 Å². The maximum Gasteiger partial charge on any atom is 0.254 e. The summed E-state index contributed by atoms with van der Waals surface area (Å²) in [5, 5.41) is 1.95. The highest BCUT2D eigenvalue weighted by atomic mass is 32.2. The van der Waals surface area contributed by atoms with Gasteiger partial charge in [0.2, 0.25) is 0 Å². The molecule has 1 atom stereocenters. The van der Waals surface area contributed by atoms with Gasteiger partial charge in [0.05, 0.1) is 18.1 Å². The van der Waals surface area contributed by atoms with Crippen LogP contribution in [0.25, 0.3) is 0 Å². The van der Waals surface area contributed by atoms with Gasteiger partial charge in [-0.1, -0.05) is 0 Å². The van der Waals surface area contributed by atoms with E-state index in [1.807, 2.05) is 18.4 Å². The van der Waals surface area contributed by atoms with E-state index < -0.39 is 15.7 Å². The number of benzene rings is 1. The summed E-state index contributed by atoms with van der Waals surface area (Å²) in [4.78, 5) is 15.6. The summed E-state index contributed by atoms with van der Waals surface area (Å²) in [6.45, 7) is 2.34. The van der Waals surface area contributed by atoms with E-state index >= 15 is 0 Å². The highest BCUT2D eigenvalue weighted by Gasteiger charge is 2.35. The van der Waals surface area contributed by atoms with Crippen molar-refractivity contribution in [1.82, 2.24) is 4.90 Å². The van der Waals surface area contributed by atoms with Gasteiger partial charge < -0.3 is 4.90 Å². The number of hydrogen-bond acceptors (Lipinski definition) is 4. The summed E-state index contributed by atoms with van der Waals surface area (Å²) in [6.07, 6.45) is 0.444. The zero-order chi connectivity index (χ0) is 17.3. The van der Waals surface area contributed by atoms with Crippen molar-refractivity contribution in [2.24, 2.45) is 0 Å². The quantitative estimate of drug-likeness (QED) is 0.835. The van der Waals surface area contributed by atoms with Crippen LogP contribution >= 0.6 is 11.3 Å². The van der Waals surface area contributed by atoms with E-state index in [2.05, 4.69) is 0 Å². The van der Waals surface area contributed by atoms with Gasteiger partial charge in [-0.2, -0.15) is 0 Å². The number of aryl methyl sites for hydroxylation is 1. The molecule has 0 unspecified atom stereocenters. The first-order valence-corrected chi connectivity index (χ1v) is 10.4. The second-order valence-corrected chi connectivity index (χ2v) is 9.25. The van der Waals surface area contributed by atoms with Gasteiger partial charge in [0.25, 0.3) is 5.91 Å². The van der Waals surface area contributed by atoms with Crippen LogP contribution in [0, 0.1) is 12.7 Å². The van der Waals surface area contributed by atoms with Gasteiger partial charge in [-0.25, -0.2) is 12.8 Å². The van der Waals surface area contributed by atoms with Crippen molar-refractivity contribution in [3.63, 3.8) is 0 Å². The predicted octanol–water partition coefficient (Wildman–Crippen LogP) is 3.03. The van der Waals surface area contributed by atoms with Crippen LogP contribution in [0.4, 0.5) is 4.39 Å². The van der Waals surface area contributed by atoms with Crippen molar-refractivity contribution < 1.29 is 17.6 Å². The molecule has 1 fully saturated rings. The highest BCUT2D eigenvalue weighted by molar-refractivity contribution is 7.91. The van der Waals surface area contributed by atoms with Gasteiger partial charge in [0.15, 0.2) is 9.84 Å². The first-order valence-electron chi connectivity index (χ1n) is 7.66. The highest BCUT2D eigenvalue weighted by Crippen LogP contribution is 2.25. The normalized spacial score (nSPS) is 19.3. The van der Waals surface area contributed by atoms with E-state index in [1.165, 1.54) is 24.3 Å². The molecule has 1 aromatic heterocycles.